The van der Waals surface area contributed by atoms with Crippen molar-refractivity contribution < 1.29 is 51.4 Å². The van der Waals surface area contributed by atoms with Crippen molar-refractivity contribution in [3.8, 4) is 0 Å². The third kappa shape index (κ3) is 37.9. The number of allylic oxidation sites excluding steroid dienone is 4. The number of nitrogens with zero attached hydrogens (tertiary/aromatic N) is 1. The molecule has 0 saturated carbocycles. The van der Waals surface area contributed by atoms with Crippen LogP contribution in [0, 0.1) is 35.8 Å². The molecule has 2 nitrogen and oxygen atoms in total. The maximum absolute atomic E-state index is 4.55. The minimum absolute atomic E-state index is 0. The van der Waals surface area contributed by atoms with E-state index in [0.29, 0.717) is 0 Å². The Morgan fingerprint density at radius 3 is 1.71 bits per heavy atom. The van der Waals surface area contributed by atoms with Crippen molar-refractivity contribution in [2.75, 3.05) is 7.11 Å². The van der Waals surface area contributed by atoms with E-state index in [-0.39, 0.29) is 76.2 Å². The Morgan fingerprint density at radius 2 is 1.46 bits per heavy atom. The first-order chi connectivity index (χ1) is 8.35. The number of halogens is 2. The Morgan fingerprint density at radius 1 is 1.00 bits per heavy atom. The van der Waals surface area contributed by atoms with Crippen LogP contribution in [0.15, 0.2) is 48.6 Å². The van der Waals surface area contributed by atoms with Gasteiger partial charge in [0, 0.05) is 16.6 Å². The topological polar surface area (TPSA) is 23.3 Å². The summed E-state index contributed by atoms with van der Waals surface area (Å²) in [6.07, 6.45) is 10.0. The third-order valence-electron chi connectivity index (χ3n) is 1.54. The molecule has 6 heteroatoms. The van der Waals surface area contributed by atoms with Crippen LogP contribution in [-0.4, -0.2) is 16.6 Å². The molecule has 0 unspecified atom stereocenters. The van der Waals surface area contributed by atoms with E-state index in [1.807, 2.05) is 42.5 Å². The van der Waals surface area contributed by atoms with Gasteiger partial charge in [-0.3, -0.25) is 6.08 Å². The Hall–Kier alpha value is -0.0288. The molecule has 0 spiro atoms. The van der Waals surface area contributed by atoms with Crippen molar-refractivity contribution in [2.45, 2.75) is 19.5 Å². The van der Waals surface area contributed by atoms with E-state index in [4.69, 9.17) is 0 Å². The number of rotatable bonds is 2. The number of benzene rings is 1. The molecule has 0 heterocycles. The van der Waals surface area contributed by atoms with Gasteiger partial charge in [-0.25, -0.2) is 12.2 Å². The van der Waals surface area contributed by atoms with Crippen molar-refractivity contribution in [3.63, 3.8) is 0 Å². The zero-order valence-electron chi connectivity index (χ0n) is 16.0. The predicted molar refractivity (Wildman–Crippen MR) is 103 cm³/mol. The standard InChI is InChI=1S/C7H8NO.C5H5.C2H7Si.4CH3.2ClH.Ti/c1-9-8-7-5-3-2-4-6-7;1-2-4-5-3-1;1-3-2;;;;;;;/h2-6H,1H3;1-3H,4H2;3H,1-2H3;4*1H3;2*1H;/q2*-1;;4*-1;;;+2/p-2. The van der Waals surface area contributed by atoms with E-state index in [9.17, 15) is 0 Å². The first-order valence-corrected chi connectivity index (χ1v) is 7.91. The summed E-state index contributed by atoms with van der Waals surface area (Å²) in [6.45, 7) is 4.42. The number of hydrogen-bond donors (Lipinski definition) is 0. The second kappa shape index (κ2) is 43.5. The Balaban J connectivity index is -0.0000000256. The predicted octanol–water partition coefficient (Wildman–Crippen LogP) is -0.115. The fourth-order valence-electron chi connectivity index (χ4n) is 0.934. The molecule has 0 aromatic heterocycles. The second-order valence-electron chi connectivity index (χ2n) is 3.19. The summed E-state index contributed by atoms with van der Waals surface area (Å²) in [5.41, 5.74) is 4.55. The molecule has 0 N–H and O–H groups in total. The third-order valence-corrected chi connectivity index (χ3v) is 1.54. The molecule has 0 saturated heterocycles. The summed E-state index contributed by atoms with van der Waals surface area (Å²) in [6, 6.07) is 9.53. The summed E-state index contributed by atoms with van der Waals surface area (Å²) in [5, 5.41) is 0. The van der Waals surface area contributed by atoms with Crippen molar-refractivity contribution in [2.24, 2.45) is 0 Å². The summed E-state index contributed by atoms with van der Waals surface area (Å²) in [4.78, 5) is 4.55. The first-order valence-electron chi connectivity index (χ1n) is 5.60. The van der Waals surface area contributed by atoms with Crippen molar-refractivity contribution in [1.82, 2.24) is 0 Å². The van der Waals surface area contributed by atoms with Gasteiger partial charge in [-0.2, -0.15) is 6.08 Å². The van der Waals surface area contributed by atoms with Crippen LogP contribution in [-0.2, 0) is 26.6 Å². The summed E-state index contributed by atoms with van der Waals surface area (Å²) >= 11 is 0. The molecule has 0 fully saturated rings. The Labute approximate surface area is 182 Å². The van der Waals surface area contributed by atoms with Gasteiger partial charge < -0.3 is 64.8 Å². The maximum Gasteiger partial charge on any atom is 2.00 e. The summed E-state index contributed by atoms with van der Waals surface area (Å²) in [5.74, 6) is 0. The van der Waals surface area contributed by atoms with Crippen LogP contribution in [0.5, 0.6) is 0 Å². The minimum Gasteiger partial charge on any atom is -1.00 e. The largest absolute Gasteiger partial charge is 2.00 e. The molecule has 0 atom stereocenters. The van der Waals surface area contributed by atoms with Gasteiger partial charge in [-0.05, 0) is 0 Å². The molecular formula is C18H32Cl2NOSiTi-6. The average molecular weight is 425 g/mol. The van der Waals surface area contributed by atoms with Crippen molar-refractivity contribution in [3.05, 3.63) is 89.8 Å². The van der Waals surface area contributed by atoms with Gasteiger partial charge in [0.2, 0.25) is 0 Å². The SMILES string of the molecule is CO[N-]c1ccccc1.C[SiH]C.[C-]1=CC=CC1.[CH3-].[CH3-].[CH3-].[CH3-].[Cl-].[Cl-].[Ti+2]. The molecule has 1 aromatic carbocycles. The monoisotopic (exact) mass is 424 g/mol. The van der Waals surface area contributed by atoms with Crippen LogP contribution in [0.3, 0.4) is 0 Å². The quantitative estimate of drug-likeness (QED) is 0.369. The Bertz CT molecular complexity index is 316. The molecule has 0 bridgehead atoms. The zero-order chi connectivity index (χ0) is 12.8. The van der Waals surface area contributed by atoms with Gasteiger partial charge in [0.1, 0.15) is 0 Å². The fraction of sp³-hybridized carbons (Fsp3) is 0.222. The molecule has 24 heavy (non-hydrogen) atoms. The number of hydrogen-bond acceptors (Lipinski definition) is 1. The van der Waals surface area contributed by atoms with Crippen LogP contribution in [0.4, 0.5) is 5.69 Å². The van der Waals surface area contributed by atoms with E-state index in [1.165, 1.54) is 7.11 Å². The van der Waals surface area contributed by atoms with E-state index in [2.05, 4.69) is 35.6 Å². The smallest absolute Gasteiger partial charge is 1.00 e. The van der Waals surface area contributed by atoms with Gasteiger partial charge in [0.05, 0.1) is 0 Å². The molecule has 0 amide bonds. The minimum atomic E-state index is 0. The fourth-order valence-corrected chi connectivity index (χ4v) is 0.934. The van der Waals surface area contributed by atoms with E-state index >= 15 is 0 Å². The van der Waals surface area contributed by atoms with Crippen LogP contribution in [0.25, 0.3) is 5.48 Å². The van der Waals surface area contributed by atoms with Crippen LogP contribution >= 0.6 is 0 Å². The zero-order valence-corrected chi connectivity index (χ0v) is 20.2. The molecule has 1 radical (unpaired) electrons. The maximum atomic E-state index is 4.55. The molecule has 1 aromatic rings. The first kappa shape index (κ1) is 49.6. The summed E-state index contributed by atoms with van der Waals surface area (Å²) in [7, 11) is 2.28. The van der Waals surface area contributed by atoms with Gasteiger partial charge in [0.15, 0.2) is 0 Å². The van der Waals surface area contributed by atoms with Gasteiger partial charge in [-0.1, -0.05) is 43.4 Å². The van der Waals surface area contributed by atoms with Crippen LogP contribution < -0.4 is 24.8 Å². The molecule has 143 valence electrons. The van der Waals surface area contributed by atoms with Gasteiger partial charge >= 0.3 is 21.7 Å². The molecule has 1 aliphatic carbocycles. The van der Waals surface area contributed by atoms with Crippen molar-refractivity contribution in [1.29, 1.82) is 0 Å². The van der Waals surface area contributed by atoms with Crippen molar-refractivity contribution >= 4 is 15.2 Å². The molecule has 2 rings (SSSR count). The van der Waals surface area contributed by atoms with Gasteiger partial charge in [-0.15, -0.1) is 12.1 Å². The van der Waals surface area contributed by atoms with Crippen LogP contribution in [0.2, 0.25) is 13.1 Å². The van der Waals surface area contributed by atoms with E-state index < -0.39 is 0 Å². The van der Waals surface area contributed by atoms with E-state index in [0.717, 1.165) is 21.6 Å². The average Bonchev–Trinajstić information content (AvgIpc) is 2.90. The molecule has 0 aliphatic heterocycles. The summed E-state index contributed by atoms with van der Waals surface area (Å²) < 4.78 is 0. The Kier molecular flexibility index (Phi) is 89.8. The normalized spacial score (nSPS) is 7.79. The second-order valence-corrected chi connectivity index (χ2v) is 4.34. The molecule has 1 aliphatic rings. The van der Waals surface area contributed by atoms with Crippen LogP contribution in [0.1, 0.15) is 6.42 Å². The molecular weight excluding hydrogens is 393 g/mol. The van der Waals surface area contributed by atoms with Gasteiger partial charge in [0.25, 0.3) is 0 Å². The van der Waals surface area contributed by atoms with E-state index in [1.54, 1.807) is 0 Å².